The molecule has 34 heavy (non-hydrogen) atoms. The molecule has 0 radical (unpaired) electrons. The lowest BCUT2D eigenvalue weighted by molar-refractivity contribution is 0.0764. The average molecular weight is 506 g/mol. The molecule has 0 unspecified atom stereocenters. The highest BCUT2D eigenvalue weighted by molar-refractivity contribution is 7.51. The van der Waals surface area contributed by atoms with Gasteiger partial charge in [-0.2, -0.15) is 4.98 Å². The maximum absolute atomic E-state index is 11.6. The second-order valence-electron chi connectivity index (χ2n) is 7.78. The van der Waals surface area contributed by atoms with Crippen LogP contribution in [0.2, 0.25) is 0 Å². The average Bonchev–Trinajstić information content (AvgIpc) is 3.16. The van der Waals surface area contributed by atoms with E-state index in [1.54, 1.807) is 6.92 Å². The number of aromatic amines is 1. The molecule has 2 aromatic rings. The molecule has 15 heteroatoms. The molecule has 2 heterocycles. The molecule has 0 amide bonds. The van der Waals surface area contributed by atoms with E-state index >= 15 is 0 Å². The van der Waals surface area contributed by atoms with E-state index in [1.165, 1.54) is 23.7 Å². The third-order valence-electron chi connectivity index (χ3n) is 4.55. The fraction of sp³-hybridized carbons (Fsp3) is 0.737. The summed E-state index contributed by atoms with van der Waals surface area (Å²) in [7, 11) is -4.21. The van der Waals surface area contributed by atoms with Crippen molar-refractivity contribution in [1.82, 2.24) is 30.2 Å². The summed E-state index contributed by atoms with van der Waals surface area (Å²) >= 11 is 0. The summed E-state index contributed by atoms with van der Waals surface area (Å²) in [6.07, 6.45) is 4.85. The van der Waals surface area contributed by atoms with Crippen LogP contribution in [0.4, 0.5) is 5.95 Å². The van der Waals surface area contributed by atoms with Crippen LogP contribution in [-0.4, -0.2) is 81.0 Å². The molecule has 1 atom stereocenters. The third kappa shape index (κ3) is 13.1. The molecule has 0 saturated carbocycles. The Labute approximate surface area is 199 Å². The number of hydrogen-bond donors (Lipinski definition) is 8. The zero-order valence-electron chi connectivity index (χ0n) is 19.8. The van der Waals surface area contributed by atoms with E-state index in [1.807, 2.05) is 0 Å². The zero-order chi connectivity index (χ0) is 25.4. The summed E-state index contributed by atoms with van der Waals surface area (Å²) in [5.41, 5.74) is 16.2. The van der Waals surface area contributed by atoms with Gasteiger partial charge in [0, 0.05) is 0 Å². The summed E-state index contributed by atoms with van der Waals surface area (Å²) in [6.45, 7) is 7.76. The summed E-state index contributed by atoms with van der Waals surface area (Å²) < 4.78 is 17.3. The maximum atomic E-state index is 11.6. The molecule has 11 N–H and O–H groups in total. The van der Waals surface area contributed by atoms with Gasteiger partial charge in [-0.15, -0.1) is 0 Å². The number of hydrogen-bond acceptors (Lipinski definition) is 10. The summed E-state index contributed by atoms with van der Waals surface area (Å²) in [5.74, 6) is -0.0342. The number of imidazole rings is 1. The predicted octanol–water partition coefficient (Wildman–Crippen LogP) is -1.11. The lowest BCUT2D eigenvalue weighted by Crippen LogP contribution is -2.22. The number of aromatic nitrogens is 4. The van der Waals surface area contributed by atoms with Crippen molar-refractivity contribution in [2.75, 3.05) is 51.4 Å². The van der Waals surface area contributed by atoms with Crippen LogP contribution < -0.4 is 33.4 Å². The van der Waals surface area contributed by atoms with Gasteiger partial charge in [-0.1, -0.05) is 0 Å². The fourth-order valence-corrected chi connectivity index (χ4v) is 3.31. The van der Waals surface area contributed by atoms with Crippen LogP contribution in [0, 0.1) is 0 Å². The number of nitrogen functional groups attached to an aromatic ring is 1. The Morgan fingerprint density at radius 3 is 2.21 bits per heavy atom. The largest absolute Gasteiger partial charge is 0.369 e. The van der Waals surface area contributed by atoms with Gasteiger partial charge in [0.05, 0.1) is 19.0 Å². The van der Waals surface area contributed by atoms with E-state index < -0.39 is 25.6 Å². The number of ether oxygens (including phenoxy) is 1. The van der Waals surface area contributed by atoms with Crippen LogP contribution in [0.15, 0.2) is 11.1 Å². The van der Waals surface area contributed by atoms with Crippen molar-refractivity contribution < 1.29 is 19.1 Å². The minimum Gasteiger partial charge on any atom is -0.369 e. The number of nitrogens with one attached hydrogen (secondary N) is 3. The van der Waals surface area contributed by atoms with Gasteiger partial charge in [0.15, 0.2) is 11.2 Å². The van der Waals surface area contributed by atoms with Crippen LogP contribution in [-0.2, 0) is 15.8 Å². The molecule has 14 nitrogen and oxygen atoms in total. The van der Waals surface area contributed by atoms with Crippen molar-refractivity contribution in [3.8, 4) is 0 Å². The third-order valence-corrected chi connectivity index (χ3v) is 5.03. The number of fused-ring (bicyclic) bond motifs is 1. The molecule has 0 spiro atoms. The first-order valence-corrected chi connectivity index (χ1v) is 13.2. The van der Waals surface area contributed by atoms with Crippen LogP contribution in [0.3, 0.4) is 0 Å². The first-order valence-electron chi connectivity index (χ1n) is 11.4. The second kappa shape index (κ2) is 16.7. The molecule has 196 valence electrons. The molecule has 0 fully saturated rings. The standard InChI is InChI=1S/C10H26N4.C9H14N5O5P/c11-5-3-9-13-7-1-2-8-14-10-4-6-12;1-5(19-4-20(16,17)18)2-14-3-11-6-7(14)12-9(10)13-8(6)15/h13-14H,1-12H2;3,5H,2,4H2,1H3,(H2,16,17,18)(H3,10,12,13,15)/t;5-/m.1/s1. The van der Waals surface area contributed by atoms with Crippen LogP contribution in [0.1, 0.15) is 32.6 Å². The fourth-order valence-electron chi connectivity index (χ4n) is 2.86. The SMILES string of the molecule is C[C@H](Cn1cnc2c(=O)[nH]c(N)nc21)OCP(=O)(O)O.NCCCNCCCCNCCCN. The summed E-state index contributed by atoms with van der Waals surface area (Å²) in [5, 5.41) is 6.72. The van der Waals surface area contributed by atoms with Crippen molar-refractivity contribution >= 4 is 24.7 Å². The molecule has 0 saturated heterocycles. The molecule has 0 bridgehead atoms. The Bertz CT molecular complexity index is 905. The van der Waals surface area contributed by atoms with Crippen molar-refractivity contribution in [2.45, 2.75) is 45.3 Å². The number of unbranched alkanes of at least 4 members (excludes halogenated alkanes) is 1. The zero-order valence-corrected chi connectivity index (χ0v) is 20.7. The number of nitrogens with two attached hydrogens (primary N) is 3. The Morgan fingerprint density at radius 2 is 1.68 bits per heavy atom. The highest BCUT2D eigenvalue weighted by Crippen LogP contribution is 2.34. The molecule has 0 aliphatic heterocycles. The minimum atomic E-state index is -4.21. The number of anilines is 1. The highest BCUT2D eigenvalue weighted by atomic mass is 31.2. The molecule has 2 rings (SSSR count). The van der Waals surface area contributed by atoms with Gasteiger partial charge >= 0.3 is 7.60 Å². The van der Waals surface area contributed by atoms with Crippen molar-refractivity contribution in [3.05, 3.63) is 16.7 Å². The summed E-state index contributed by atoms with van der Waals surface area (Å²) in [6, 6.07) is 0. The molecular formula is C19H40N9O5P. The van der Waals surface area contributed by atoms with Gasteiger partial charge in [-0.25, -0.2) is 4.98 Å². The smallest absolute Gasteiger partial charge is 0.350 e. The maximum Gasteiger partial charge on any atom is 0.350 e. The monoisotopic (exact) mass is 505 g/mol. The lowest BCUT2D eigenvalue weighted by Gasteiger charge is -2.14. The van der Waals surface area contributed by atoms with E-state index in [-0.39, 0.29) is 23.7 Å². The van der Waals surface area contributed by atoms with Crippen LogP contribution >= 0.6 is 7.60 Å². The van der Waals surface area contributed by atoms with Gasteiger partial charge in [0.1, 0.15) is 6.35 Å². The predicted molar refractivity (Wildman–Crippen MR) is 132 cm³/mol. The quantitative estimate of drug-likeness (QED) is 0.100. The molecule has 0 aliphatic carbocycles. The normalized spacial score (nSPS) is 12.5. The van der Waals surface area contributed by atoms with E-state index in [4.69, 9.17) is 31.7 Å². The van der Waals surface area contributed by atoms with Gasteiger partial charge in [-0.3, -0.25) is 14.3 Å². The Balaban J connectivity index is 0.000000365. The van der Waals surface area contributed by atoms with Crippen LogP contribution in [0.5, 0.6) is 0 Å². The Hall–Kier alpha value is -1.90. The molecule has 2 aromatic heterocycles. The van der Waals surface area contributed by atoms with Crippen molar-refractivity contribution in [1.29, 1.82) is 0 Å². The number of rotatable bonds is 16. The lowest BCUT2D eigenvalue weighted by atomic mass is 10.3. The van der Waals surface area contributed by atoms with Crippen molar-refractivity contribution in [2.24, 2.45) is 11.5 Å². The van der Waals surface area contributed by atoms with E-state index in [0.717, 1.165) is 52.1 Å². The molecular weight excluding hydrogens is 465 g/mol. The first kappa shape index (κ1) is 30.1. The van der Waals surface area contributed by atoms with Crippen molar-refractivity contribution in [3.63, 3.8) is 0 Å². The van der Waals surface area contributed by atoms with Gasteiger partial charge < -0.3 is 46.9 Å². The first-order chi connectivity index (χ1) is 16.2. The van der Waals surface area contributed by atoms with Crippen LogP contribution in [0.25, 0.3) is 11.2 Å². The van der Waals surface area contributed by atoms with Gasteiger partial charge in [0.2, 0.25) is 5.95 Å². The second-order valence-corrected chi connectivity index (χ2v) is 9.37. The molecule has 0 aromatic carbocycles. The minimum absolute atomic E-state index is 0.0342. The highest BCUT2D eigenvalue weighted by Gasteiger charge is 2.17. The van der Waals surface area contributed by atoms with E-state index in [0.29, 0.717) is 0 Å². The number of nitrogens with zero attached hydrogens (tertiary/aromatic N) is 3. The van der Waals surface area contributed by atoms with Gasteiger partial charge in [0.25, 0.3) is 5.56 Å². The summed E-state index contributed by atoms with van der Waals surface area (Å²) in [4.78, 5) is 39.2. The number of H-pyrrole nitrogens is 1. The van der Waals surface area contributed by atoms with E-state index in [2.05, 4.69) is 25.6 Å². The molecule has 0 aliphatic rings. The Morgan fingerprint density at radius 1 is 1.12 bits per heavy atom. The van der Waals surface area contributed by atoms with E-state index in [9.17, 15) is 9.36 Å². The van der Waals surface area contributed by atoms with Gasteiger partial charge in [-0.05, 0) is 71.9 Å². The Kier molecular flexibility index (Phi) is 14.8. The topological polar surface area (TPSA) is 232 Å².